The van der Waals surface area contributed by atoms with Gasteiger partial charge in [0.15, 0.2) is 0 Å². The highest BCUT2D eigenvalue weighted by Gasteiger charge is 2.28. The summed E-state index contributed by atoms with van der Waals surface area (Å²) in [5.41, 5.74) is 0. The molecule has 6 nitrogen and oxygen atoms in total. The molecule has 0 aliphatic rings. The van der Waals surface area contributed by atoms with E-state index in [1.165, 1.54) is 11.4 Å². The SMILES string of the molecule is CCN(CC)S(=O)(=O)NC(CC(C)C)C(=O)OC. The van der Waals surface area contributed by atoms with Crippen LogP contribution in [0.4, 0.5) is 0 Å². The van der Waals surface area contributed by atoms with E-state index in [2.05, 4.69) is 9.46 Å². The minimum atomic E-state index is -3.64. The smallest absolute Gasteiger partial charge is 0.323 e. The molecule has 0 aromatic carbocycles. The fourth-order valence-electron chi connectivity index (χ4n) is 1.62. The molecule has 0 aliphatic carbocycles. The standard InChI is InChI=1S/C11H24N2O4S/c1-6-13(7-2)18(15,16)12-10(8-9(3)4)11(14)17-5/h9-10,12H,6-8H2,1-5H3. The van der Waals surface area contributed by atoms with Gasteiger partial charge in [-0.3, -0.25) is 4.79 Å². The molecule has 18 heavy (non-hydrogen) atoms. The van der Waals surface area contributed by atoms with Gasteiger partial charge < -0.3 is 4.74 Å². The number of hydrogen-bond donors (Lipinski definition) is 1. The highest BCUT2D eigenvalue weighted by molar-refractivity contribution is 7.87. The molecule has 0 amide bonds. The first-order valence-electron chi connectivity index (χ1n) is 6.13. The summed E-state index contributed by atoms with van der Waals surface area (Å²) in [7, 11) is -2.39. The largest absolute Gasteiger partial charge is 0.468 e. The summed E-state index contributed by atoms with van der Waals surface area (Å²) < 4.78 is 32.3. The predicted octanol–water partition coefficient (Wildman–Crippen LogP) is 0.750. The summed E-state index contributed by atoms with van der Waals surface area (Å²) in [6.45, 7) is 8.06. The highest BCUT2D eigenvalue weighted by atomic mass is 32.2. The minimum absolute atomic E-state index is 0.188. The van der Waals surface area contributed by atoms with Gasteiger partial charge in [-0.1, -0.05) is 27.7 Å². The van der Waals surface area contributed by atoms with E-state index in [-0.39, 0.29) is 5.92 Å². The molecule has 0 aliphatic heterocycles. The first kappa shape index (κ1) is 17.3. The number of methoxy groups -OCH3 is 1. The predicted molar refractivity (Wildman–Crippen MR) is 70.2 cm³/mol. The Bertz CT molecular complexity index is 350. The van der Waals surface area contributed by atoms with E-state index in [0.717, 1.165) is 0 Å². The number of carbonyl (C=O) groups excluding carboxylic acids is 1. The van der Waals surface area contributed by atoms with Crippen LogP contribution in [0.1, 0.15) is 34.1 Å². The molecule has 0 spiro atoms. The molecule has 1 N–H and O–H groups in total. The van der Waals surface area contributed by atoms with E-state index in [1.807, 2.05) is 13.8 Å². The zero-order valence-corrected chi connectivity index (χ0v) is 12.6. The molecule has 7 heteroatoms. The van der Waals surface area contributed by atoms with Gasteiger partial charge >= 0.3 is 5.97 Å². The molecule has 0 rings (SSSR count). The lowest BCUT2D eigenvalue weighted by Gasteiger charge is -2.23. The Labute approximate surface area is 110 Å². The second-order valence-electron chi connectivity index (χ2n) is 4.41. The number of ether oxygens (including phenoxy) is 1. The van der Waals surface area contributed by atoms with Gasteiger partial charge in [0.2, 0.25) is 0 Å². The molecule has 0 heterocycles. The number of carbonyl (C=O) groups is 1. The van der Waals surface area contributed by atoms with Gasteiger partial charge in [0.05, 0.1) is 7.11 Å². The Morgan fingerprint density at radius 3 is 2.11 bits per heavy atom. The maximum Gasteiger partial charge on any atom is 0.323 e. The van der Waals surface area contributed by atoms with Crippen LogP contribution in [0.15, 0.2) is 0 Å². The van der Waals surface area contributed by atoms with Gasteiger partial charge in [-0.2, -0.15) is 17.4 Å². The molecule has 1 unspecified atom stereocenters. The Balaban J connectivity index is 4.91. The molecule has 108 valence electrons. The van der Waals surface area contributed by atoms with Crippen molar-refractivity contribution in [1.82, 2.24) is 9.03 Å². The first-order chi connectivity index (χ1) is 8.28. The van der Waals surface area contributed by atoms with E-state index >= 15 is 0 Å². The molecule has 0 aromatic rings. The van der Waals surface area contributed by atoms with Crippen LogP contribution in [0.5, 0.6) is 0 Å². The second-order valence-corrected chi connectivity index (χ2v) is 6.11. The van der Waals surface area contributed by atoms with Crippen LogP contribution in [0.25, 0.3) is 0 Å². The van der Waals surface area contributed by atoms with Crippen LogP contribution in [0.2, 0.25) is 0 Å². The van der Waals surface area contributed by atoms with Crippen molar-refractivity contribution in [1.29, 1.82) is 0 Å². The van der Waals surface area contributed by atoms with Crippen molar-refractivity contribution in [2.75, 3.05) is 20.2 Å². The fourth-order valence-corrected chi connectivity index (χ4v) is 3.00. The van der Waals surface area contributed by atoms with Crippen LogP contribution in [0, 0.1) is 5.92 Å². The zero-order valence-electron chi connectivity index (χ0n) is 11.8. The van der Waals surface area contributed by atoms with Crippen LogP contribution in [-0.2, 0) is 19.7 Å². The van der Waals surface area contributed by atoms with Crippen LogP contribution < -0.4 is 4.72 Å². The third kappa shape index (κ3) is 5.32. The van der Waals surface area contributed by atoms with E-state index in [1.54, 1.807) is 13.8 Å². The van der Waals surface area contributed by atoms with Gasteiger partial charge in [0.25, 0.3) is 10.2 Å². The molecule has 1 atom stereocenters. The van der Waals surface area contributed by atoms with Crippen molar-refractivity contribution in [3.8, 4) is 0 Å². The third-order valence-electron chi connectivity index (χ3n) is 2.53. The summed E-state index contributed by atoms with van der Waals surface area (Å²) >= 11 is 0. The van der Waals surface area contributed by atoms with Crippen molar-refractivity contribution >= 4 is 16.2 Å². The first-order valence-corrected chi connectivity index (χ1v) is 7.57. The zero-order chi connectivity index (χ0) is 14.3. The van der Waals surface area contributed by atoms with Crippen molar-refractivity contribution < 1.29 is 17.9 Å². The quantitative estimate of drug-likeness (QED) is 0.666. The average molecular weight is 280 g/mol. The number of esters is 1. The number of nitrogens with one attached hydrogen (secondary N) is 1. The fraction of sp³-hybridized carbons (Fsp3) is 0.909. The van der Waals surface area contributed by atoms with E-state index in [9.17, 15) is 13.2 Å². The Hall–Kier alpha value is -0.660. The van der Waals surface area contributed by atoms with Gasteiger partial charge in [0.1, 0.15) is 6.04 Å². The number of nitrogens with zero attached hydrogens (tertiary/aromatic N) is 1. The maximum absolute atomic E-state index is 12.0. The van der Waals surface area contributed by atoms with E-state index < -0.39 is 22.2 Å². The van der Waals surface area contributed by atoms with Crippen molar-refractivity contribution in [2.24, 2.45) is 5.92 Å². The molecule has 0 bridgehead atoms. The normalized spacial score (nSPS) is 13.9. The molecule has 0 saturated heterocycles. The second kappa shape index (κ2) is 7.70. The summed E-state index contributed by atoms with van der Waals surface area (Å²) in [6, 6.07) is -0.833. The van der Waals surface area contributed by atoms with Crippen molar-refractivity contribution in [2.45, 2.75) is 40.2 Å². The van der Waals surface area contributed by atoms with Gasteiger partial charge in [0, 0.05) is 13.1 Å². The molecular weight excluding hydrogens is 256 g/mol. The van der Waals surface area contributed by atoms with Crippen LogP contribution in [0.3, 0.4) is 0 Å². The Morgan fingerprint density at radius 1 is 1.28 bits per heavy atom. The summed E-state index contributed by atoms with van der Waals surface area (Å²) in [5.74, 6) is -0.368. The van der Waals surface area contributed by atoms with Crippen LogP contribution >= 0.6 is 0 Å². The lowest BCUT2D eigenvalue weighted by molar-refractivity contribution is -0.143. The molecular formula is C11H24N2O4S. The van der Waals surface area contributed by atoms with E-state index in [4.69, 9.17) is 0 Å². The lowest BCUT2D eigenvalue weighted by atomic mass is 10.1. The lowest BCUT2D eigenvalue weighted by Crippen LogP contribution is -2.49. The summed E-state index contributed by atoms with van der Waals surface area (Å²) in [6.07, 6.45) is 0.410. The van der Waals surface area contributed by atoms with Gasteiger partial charge in [-0.15, -0.1) is 0 Å². The molecule has 0 radical (unpaired) electrons. The molecule has 0 fully saturated rings. The monoisotopic (exact) mass is 280 g/mol. The van der Waals surface area contributed by atoms with Crippen molar-refractivity contribution in [3.63, 3.8) is 0 Å². The maximum atomic E-state index is 12.0. The Kier molecular flexibility index (Phi) is 7.42. The summed E-state index contributed by atoms with van der Waals surface area (Å²) in [5, 5.41) is 0. The molecule has 0 aromatic heterocycles. The number of rotatable bonds is 8. The molecule has 0 saturated carbocycles. The Morgan fingerprint density at radius 2 is 1.78 bits per heavy atom. The van der Waals surface area contributed by atoms with Gasteiger partial charge in [-0.25, -0.2) is 0 Å². The highest BCUT2D eigenvalue weighted by Crippen LogP contribution is 2.09. The third-order valence-corrected chi connectivity index (χ3v) is 4.31. The average Bonchev–Trinajstić information content (AvgIpc) is 2.27. The van der Waals surface area contributed by atoms with Crippen molar-refractivity contribution in [3.05, 3.63) is 0 Å². The number of hydrogen-bond acceptors (Lipinski definition) is 4. The topological polar surface area (TPSA) is 75.7 Å². The summed E-state index contributed by atoms with van der Waals surface area (Å²) in [4.78, 5) is 11.6. The van der Waals surface area contributed by atoms with E-state index in [0.29, 0.717) is 19.5 Å². The van der Waals surface area contributed by atoms with Crippen LogP contribution in [-0.4, -0.2) is 44.9 Å². The van der Waals surface area contributed by atoms with Gasteiger partial charge in [-0.05, 0) is 12.3 Å². The minimum Gasteiger partial charge on any atom is -0.468 e.